The molecule has 0 saturated carbocycles. The fraction of sp³-hybridized carbons (Fsp3) is 0.333. The van der Waals surface area contributed by atoms with Gasteiger partial charge in [0, 0.05) is 18.9 Å². The van der Waals surface area contributed by atoms with Gasteiger partial charge in [-0.05, 0) is 12.1 Å². The number of ether oxygens (including phenoxy) is 2. The molecule has 1 aliphatic heterocycles. The maximum Gasteiger partial charge on any atom is 0.302 e. The average Bonchev–Trinajstić information content (AvgIpc) is 2.67. The second-order valence-electron chi connectivity index (χ2n) is 3.85. The summed E-state index contributed by atoms with van der Waals surface area (Å²) >= 11 is 0. The van der Waals surface area contributed by atoms with E-state index in [0.717, 1.165) is 6.07 Å². The van der Waals surface area contributed by atoms with E-state index in [-0.39, 0.29) is 18.3 Å². The number of esters is 1. The molecule has 4 nitrogen and oxygen atoms in total. The Kier molecular flexibility index (Phi) is 3.08. The van der Waals surface area contributed by atoms with Gasteiger partial charge in [-0.1, -0.05) is 0 Å². The fourth-order valence-corrected chi connectivity index (χ4v) is 1.81. The summed E-state index contributed by atoms with van der Waals surface area (Å²) < 4.78 is 23.4. The summed E-state index contributed by atoms with van der Waals surface area (Å²) in [7, 11) is 0. The van der Waals surface area contributed by atoms with E-state index in [0.29, 0.717) is 24.0 Å². The molecular formula is C12H11FO4. The maximum absolute atomic E-state index is 13.2. The first kappa shape index (κ1) is 11.6. The van der Waals surface area contributed by atoms with Crippen molar-refractivity contribution < 1.29 is 23.5 Å². The van der Waals surface area contributed by atoms with Gasteiger partial charge in [0.05, 0.1) is 5.56 Å². The Morgan fingerprint density at radius 1 is 1.65 bits per heavy atom. The monoisotopic (exact) mass is 238 g/mol. The molecule has 5 heteroatoms. The van der Waals surface area contributed by atoms with Gasteiger partial charge in [-0.25, -0.2) is 4.39 Å². The van der Waals surface area contributed by atoms with E-state index >= 15 is 0 Å². The van der Waals surface area contributed by atoms with Gasteiger partial charge in [-0.3, -0.25) is 9.59 Å². The molecule has 1 atom stereocenters. The normalized spacial score (nSPS) is 17.2. The summed E-state index contributed by atoms with van der Waals surface area (Å²) in [5.41, 5.74) is 0.814. The molecule has 0 spiro atoms. The highest BCUT2D eigenvalue weighted by molar-refractivity contribution is 5.80. The van der Waals surface area contributed by atoms with Crippen LogP contribution < -0.4 is 4.74 Å². The summed E-state index contributed by atoms with van der Waals surface area (Å²) in [6.45, 7) is 1.41. The number of hydrogen-bond acceptors (Lipinski definition) is 4. The first-order valence-electron chi connectivity index (χ1n) is 5.17. The Labute approximate surface area is 97.3 Å². The van der Waals surface area contributed by atoms with Crippen LogP contribution in [0, 0.1) is 5.82 Å². The molecule has 0 amide bonds. The second-order valence-corrected chi connectivity index (χ2v) is 3.85. The number of rotatable bonds is 3. The van der Waals surface area contributed by atoms with Crippen molar-refractivity contribution in [1.29, 1.82) is 0 Å². The van der Waals surface area contributed by atoms with Gasteiger partial charge in [0.25, 0.3) is 0 Å². The van der Waals surface area contributed by atoms with Crippen LogP contribution >= 0.6 is 0 Å². The molecule has 0 aliphatic carbocycles. The van der Waals surface area contributed by atoms with Crippen molar-refractivity contribution >= 4 is 12.3 Å². The summed E-state index contributed by atoms with van der Waals surface area (Å²) in [5, 5.41) is 0. The molecule has 2 rings (SSSR count). The molecule has 0 aromatic heterocycles. The highest BCUT2D eigenvalue weighted by Crippen LogP contribution is 2.32. The second kappa shape index (κ2) is 4.53. The molecule has 0 radical (unpaired) electrons. The van der Waals surface area contributed by atoms with E-state index in [4.69, 9.17) is 9.47 Å². The Hall–Kier alpha value is -1.91. The maximum atomic E-state index is 13.2. The largest absolute Gasteiger partial charge is 0.485 e. The van der Waals surface area contributed by atoms with Crippen molar-refractivity contribution in [2.24, 2.45) is 0 Å². The lowest BCUT2D eigenvalue weighted by Gasteiger charge is -2.10. The number of benzene rings is 1. The summed E-state index contributed by atoms with van der Waals surface area (Å²) in [4.78, 5) is 21.4. The molecule has 0 N–H and O–H groups in total. The summed E-state index contributed by atoms with van der Waals surface area (Å²) in [5.74, 6) is -0.479. The lowest BCUT2D eigenvalue weighted by Crippen LogP contribution is -2.22. The third-order valence-corrected chi connectivity index (χ3v) is 2.49. The van der Waals surface area contributed by atoms with Crippen LogP contribution in [0.4, 0.5) is 4.39 Å². The van der Waals surface area contributed by atoms with Crippen molar-refractivity contribution in [3.8, 4) is 5.75 Å². The number of halogens is 1. The van der Waals surface area contributed by atoms with Gasteiger partial charge in [0.2, 0.25) is 0 Å². The molecule has 1 unspecified atom stereocenters. The standard InChI is InChI=1S/C12H11FO4/c1-7(15)16-6-11-4-8-2-10(13)3-9(5-14)12(8)17-11/h2-3,5,11H,4,6H2,1H3. The van der Waals surface area contributed by atoms with Gasteiger partial charge in [0.15, 0.2) is 6.29 Å². The molecule has 90 valence electrons. The van der Waals surface area contributed by atoms with Crippen LogP contribution in [0.25, 0.3) is 0 Å². The average molecular weight is 238 g/mol. The summed E-state index contributed by atoms with van der Waals surface area (Å²) in [6.07, 6.45) is 0.631. The number of carbonyl (C=O) groups excluding carboxylic acids is 2. The molecule has 1 aromatic rings. The Bertz CT molecular complexity index is 470. The van der Waals surface area contributed by atoms with E-state index in [1.165, 1.54) is 13.0 Å². The van der Waals surface area contributed by atoms with E-state index in [2.05, 4.69) is 0 Å². The van der Waals surface area contributed by atoms with Crippen molar-refractivity contribution in [1.82, 2.24) is 0 Å². The quantitative estimate of drug-likeness (QED) is 0.591. The predicted molar refractivity (Wildman–Crippen MR) is 56.5 cm³/mol. The molecule has 0 bridgehead atoms. The van der Waals surface area contributed by atoms with Crippen LogP contribution in [-0.2, 0) is 16.0 Å². The molecule has 1 aromatic carbocycles. The minimum Gasteiger partial charge on any atom is -0.485 e. The van der Waals surface area contributed by atoms with Crippen LogP contribution in [0.5, 0.6) is 5.75 Å². The van der Waals surface area contributed by atoms with E-state index in [9.17, 15) is 14.0 Å². The molecule has 17 heavy (non-hydrogen) atoms. The van der Waals surface area contributed by atoms with Crippen molar-refractivity contribution in [3.05, 3.63) is 29.1 Å². The fourth-order valence-electron chi connectivity index (χ4n) is 1.81. The molecule has 1 aliphatic rings. The zero-order valence-corrected chi connectivity index (χ0v) is 9.23. The number of carbonyl (C=O) groups is 2. The van der Waals surface area contributed by atoms with Crippen LogP contribution in [-0.4, -0.2) is 25.0 Å². The van der Waals surface area contributed by atoms with Crippen LogP contribution in [0.15, 0.2) is 12.1 Å². The third kappa shape index (κ3) is 2.43. The molecule has 1 heterocycles. The van der Waals surface area contributed by atoms with E-state index in [1.54, 1.807) is 0 Å². The zero-order chi connectivity index (χ0) is 12.4. The molecular weight excluding hydrogens is 227 g/mol. The zero-order valence-electron chi connectivity index (χ0n) is 9.23. The lowest BCUT2D eigenvalue weighted by atomic mass is 10.1. The van der Waals surface area contributed by atoms with Crippen LogP contribution in [0.3, 0.4) is 0 Å². The van der Waals surface area contributed by atoms with Gasteiger partial charge < -0.3 is 9.47 Å². The minimum atomic E-state index is -0.470. The third-order valence-electron chi connectivity index (χ3n) is 2.49. The first-order valence-corrected chi connectivity index (χ1v) is 5.17. The number of fused-ring (bicyclic) bond motifs is 1. The Morgan fingerprint density at radius 2 is 2.41 bits per heavy atom. The highest BCUT2D eigenvalue weighted by atomic mass is 19.1. The number of aldehydes is 1. The van der Waals surface area contributed by atoms with E-state index in [1.807, 2.05) is 0 Å². The Morgan fingerprint density at radius 3 is 3.06 bits per heavy atom. The number of hydrogen-bond donors (Lipinski definition) is 0. The SMILES string of the molecule is CC(=O)OCC1Cc2cc(F)cc(C=O)c2O1. The van der Waals surface area contributed by atoms with Gasteiger partial charge in [0.1, 0.15) is 24.3 Å². The van der Waals surface area contributed by atoms with Gasteiger partial charge in [-0.15, -0.1) is 0 Å². The predicted octanol–water partition coefficient (Wildman–Crippen LogP) is 1.50. The molecule has 0 fully saturated rings. The van der Waals surface area contributed by atoms with Crippen molar-refractivity contribution in [3.63, 3.8) is 0 Å². The van der Waals surface area contributed by atoms with Crippen LogP contribution in [0.2, 0.25) is 0 Å². The first-order chi connectivity index (χ1) is 8.10. The van der Waals surface area contributed by atoms with Gasteiger partial charge in [-0.2, -0.15) is 0 Å². The lowest BCUT2D eigenvalue weighted by molar-refractivity contribution is -0.143. The smallest absolute Gasteiger partial charge is 0.302 e. The minimum absolute atomic E-state index is 0.101. The van der Waals surface area contributed by atoms with Gasteiger partial charge >= 0.3 is 5.97 Å². The topological polar surface area (TPSA) is 52.6 Å². The Balaban J connectivity index is 2.15. The highest BCUT2D eigenvalue weighted by Gasteiger charge is 2.27. The molecule has 0 saturated heterocycles. The van der Waals surface area contributed by atoms with Crippen molar-refractivity contribution in [2.45, 2.75) is 19.4 Å². The summed E-state index contributed by atoms with van der Waals surface area (Å²) in [6, 6.07) is 2.45. The van der Waals surface area contributed by atoms with Crippen molar-refractivity contribution in [2.75, 3.05) is 6.61 Å². The van der Waals surface area contributed by atoms with E-state index < -0.39 is 11.8 Å². The van der Waals surface area contributed by atoms with Crippen LogP contribution in [0.1, 0.15) is 22.8 Å².